The van der Waals surface area contributed by atoms with E-state index in [0.29, 0.717) is 12.3 Å². The van der Waals surface area contributed by atoms with Gasteiger partial charge in [0.25, 0.3) is 0 Å². The fourth-order valence-electron chi connectivity index (χ4n) is 2.88. The maximum Gasteiger partial charge on any atom is 0.190 e. The molecule has 25 heavy (non-hydrogen) atoms. The van der Waals surface area contributed by atoms with Gasteiger partial charge < -0.3 is 4.74 Å². The van der Waals surface area contributed by atoms with E-state index in [1.54, 1.807) is 18.3 Å². The summed E-state index contributed by atoms with van der Waals surface area (Å²) in [6, 6.07) is 13.7. The number of anilines is 1. The summed E-state index contributed by atoms with van der Waals surface area (Å²) in [7, 11) is 1.64. The summed E-state index contributed by atoms with van der Waals surface area (Å²) in [5.41, 5.74) is 9.11. The Hall–Kier alpha value is -3.10. The molecule has 0 amide bonds. The Morgan fingerprint density at radius 3 is 2.96 bits per heavy atom. The Balaban J connectivity index is 1.63. The van der Waals surface area contributed by atoms with E-state index >= 15 is 0 Å². The monoisotopic (exact) mass is 337 g/mol. The fraction of sp³-hybridized carbons (Fsp3) is 0.176. The summed E-state index contributed by atoms with van der Waals surface area (Å²) in [6.45, 7) is 0. The highest BCUT2D eigenvalue weighted by atomic mass is 16.5. The molecule has 1 atom stereocenters. The van der Waals surface area contributed by atoms with Gasteiger partial charge in [-0.2, -0.15) is 10.2 Å². The SMILES string of the molecule is COc1cccc(CC2=NN(c3ccc4[nH]ncc4c3)C(N)N2N)c1. The smallest absolute Gasteiger partial charge is 0.190 e. The number of hydrogen-bond donors (Lipinski definition) is 3. The third-order valence-corrected chi connectivity index (χ3v) is 4.24. The number of nitrogens with zero attached hydrogens (tertiary/aromatic N) is 4. The molecule has 128 valence electrons. The molecule has 1 aromatic heterocycles. The molecular weight excluding hydrogens is 318 g/mol. The van der Waals surface area contributed by atoms with Gasteiger partial charge in [0.1, 0.15) is 11.6 Å². The maximum atomic E-state index is 6.24. The number of nitrogens with two attached hydrogens (primary N) is 2. The van der Waals surface area contributed by atoms with Crippen molar-refractivity contribution in [3.63, 3.8) is 0 Å². The summed E-state index contributed by atoms with van der Waals surface area (Å²) >= 11 is 0. The third kappa shape index (κ3) is 2.77. The number of aromatic amines is 1. The molecule has 0 fully saturated rings. The Kier molecular flexibility index (Phi) is 3.75. The van der Waals surface area contributed by atoms with E-state index < -0.39 is 6.29 Å². The van der Waals surface area contributed by atoms with E-state index in [0.717, 1.165) is 27.9 Å². The first-order chi connectivity index (χ1) is 12.2. The second-order valence-corrected chi connectivity index (χ2v) is 5.85. The maximum absolute atomic E-state index is 6.24. The lowest BCUT2D eigenvalue weighted by Gasteiger charge is -2.24. The minimum absolute atomic E-state index is 0.561. The van der Waals surface area contributed by atoms with E-state index in [1.807, 2.05) is 42.5 Å². The van der Waals surface area contributed by atoms with Gasteiger partial charge in [-0.3, -0.25) is 15.8 Å². The average molecular weight is 337 g/mol. The predicted molar refractivity (Wildman–Crippen MR) is 96.7 cm³/mol. The molecule has 1 unspecified atom stereocenters. The number of benzene rings is 2. The van der Waals surface area contributed by atoms with Crippen molar-refractivity contribution in [3.05, 3.63) is 54.2 Å². The molecule has 2 aromatic carbocycles. The van der Waals surface area contributed by atoms with Gasteiger partial charge in [-0.1, -0.05) is 12.1 Å². The summed E-state index contributed by atoms with van der Waals surface area (Å²) in [4.78, 5) is 0. The zero-order valence-electron chi connectivity index (χ0n) is 13.8. The van der Waals surface area contributed by atoms with E-state index in [1.165, 1.54) is 5.01 Å². The van der Waals surface area contributed by atoms with Gasteiger partial charge in [-0.05, 0) is 35.9 Å². The molecule has 0 spiro atoms. The van der Waals surface area contributed by atoms with Crippen molar-refractivity contribution in [3.8, 4) is 5.75 Å². The standard InChI is InChI=1S/C17H19N7O/c1-25-14-4-2-3-11(7-14)8-16-22-24(17(18)23(16)19)13-5-6-15-12(9-13)10-20-21-15/h2-7,9-10,17H,8,18-19H2,1H3,(H,20,21). The number of ether oxygens (including phenoxy) is 1. The topological polar surface area (TPSA) is 109 Å². The fourth-order valence-corrected chi connectivity index (χ4v) is 2.88. The third-order valence-electron chi connectivity index (χ3n) is 4.24. The van der Waals surface area contributed by atoms with Crippen LogP contribution in [0.5, 0.6) is 5.75 Å². The molecule has 4 rings (SSSR count). The van der Waals surface area contributed by atoms with E-state index in [4.69, 9.17) is 16.3 Å². The van der Waals surface area contributed by atoms with Crippen molar-refractivity contribution < 1.29 is 4.74 Å². The van der Waals surface area contributed by atoms with E-state index in [9.17, 15) is 0 Å². The molecule has 0 radical (unpaired) electrons. The first-order valence-corrected chi connectivity index (χ1v) is 7.88. The van der Waals surface area contributed by atoms with Gasteiger partial charge in [-0.15, -0.1) is 0 Å². The van der Waals surface area contributed by atoms with Crippen LogP contribution < -0.4 is 21.3 Å². The van der Waals surface area contributed by atoms with Crippen molar-refractivity contribution in [1.29, 1.82) is 0 Å². The van der Waals surface area contributed by atoms with Crippen LogP contribution in [-0.2, 0) is 6.42 Å². The molecule has 1 aliphatic rings. The van der Waals surface area contributed by atoms with Crippen molar-refractivity contribution in [1.82, 2.24) is 15.2 Å². The minimum Gasteiger partial charge on any atom is -0.497 e. The Bertz CT molecular complexity index is 935. The summed E-state index contributed by atoms with van der Waals surface area (Å²) in [5.74, 6) is 7.63. The van der Waals surface area contributed by atoms with Crippen molar-refractivity contribution in [2.24, 2.45) is 16.7 Å². The number of methoxy groups -OCH3 is 1. The number of hydrogen-bond acceptors (Lipinski definition) is 7. The molecule has 0 bridgehead atoms. The van der Waals surface area contributed by atoms with Crippen LogP contribution in [0.15, 0.2) is 53.8 Å². The largest absolute Gasteiger partial charge is 0.497 e. The lowest BCUT2D eigenvalue weighted by molar-refractivity contribution is 0.345. The highest BCUT2D eigenvalue weighted by molar-refractivity contribution is 5.89. The zero-order chi connectivity index (χ0) is 17.4. The first kappa shape index (κ1) is 15.4. The van der Waals surface area contributed by atoms with Gasteiger partial charge >= 0.3 is 0 Å². The molecule has 0 saturated carbocycles. The van der Waals surface area contributed by atoms with E-state index in [-0.39, 0.29) is 0 Å². The van der Waals surface area contributed by atoms with Gasteiger partial charge in [0, 0.05) is 11.8 Å². The number of fused-ring (bicyclic) bond motifs is 1. The van der Waals surface area contributed by atoms with Crippen LogP contribution in [0.2, 0.25) is 0 Å². The lowest BCUT2D eigenvalue weighted by atomic mass is 10.1. The first-order valence-electron chi connectivity index (χ1n) is 7.88. The number of aromatic nitrogens is 2. The molecule has 3 aromatic rings. The average Bonchev–Trinajstić information content (AvgIpc) is 3.21. The Labute approximate surface area is 144 Å². The molecular formula is C17H19N7O. The van der Waals surface area contributed by atoms with Crippen LogP contribution in [0.25, 0.3) is 10.9 Å². The van der Waals surface area contributed by atoms with Crippen LogP contribution in [0.3, 0.4) is 0 Å². The van der Waals surface area contributed by atoms with E-state index in [2.05, 4.69) is 15.3 Å². The molecule has 0 aliphatic carbocycles. The highest BCUT2D eigenvalue weighted by Crippen LogP contribution is 2.26. The van der Waals surface area contributed by atoms with Crippen LogP contribution in [0, 0.1) is 0 Å². The highest BCUT2D eigenvalue weighted by Gasteiger charge is 2.30. The van der Waals surface area contributed by atoms with Crippen molar-refractivity contribution in [2.45, 2.75) is 12.7 Å². The lowest BCUT2D eigenvalue weighted by Crippen LogP contribution is -2.52. The van der Waals surface area contributed by atoms with Gasteiger partial charge in [0.2, 0.25) is 0 Å². The molecule has 5 N–H and O–H groups in total. The van der Waals surface area contributed by atoms with Gasteiger partial charge in [0.05, 0.1) is 24.5 Å². The summed E-state index contributed by atoms with van der Waals surface area (Å²) in [6.07, 6.45) is 1.76. The molecule has 8 heteroatoms. The molecule has 1 aliphatic heterocycles. The molecule has 0 saturated heterocycles. The van der Waals surface area contributed by atoms with Crippen LogP contribution in [0.4, 0.5) is 5.69 Å². The number of hydrazine groups is 1. The van der Waals surface area contributed by atoms with Crippen LogP contribution >= 0.6 is 0 Å². The Morgan fingerprint density at radius 1 is 1.24 bits per heavy atom. The number of H-pyrrole nitrogens is 1. The quantitative estimate of drug-likeness (QED) is 0.620. The number of hydrazone groups is 1. The zero-order valence-corrected chi connectivity index (χ0v) is 13.8. The van der Waals surface area contributed by atoms with Crippen molar-refractivity contribution >= 4 is 22.4 Å². The number of nitrogens with one attached hydrogen (secondary N) is 1. The van der Waals surface area contributed by atoms with Crippen LogP contribution in [0.1, 0.15) is 5.56 Å². The number of amidine groups is 1. The summed E-state index contributed by atoms with van der Waals surface area (Å²) < 4.78 is 5.26. The molecule has 2 heterocycles. The number of rotatable bonds is 4. The van der Waals surface area contributed by atoms with Crippen molar-refractivity contribution in [2.75, 3.05) is 12.1 Å². The Morgan fingerprint density at radius 2 is 2.12 bits per heavy atom. The van der Waals surface area contributed by atoms with Crippen LogP contribution in [-0.4, -0.2) is 34.4 Å². The summed E-state index contributed by atoms with van der Waals surface area (Å²) in [5, 5.41) is 15.8. The van der Waals surface area contributed by atoms with Gasteiger partial charge in [-0.25, -0.2) is 10.9 Å². The van der Waals surface area contributed by atoms with Gasteiger partial charge in [0.15, 0.2) is 6.29 Å². The minimum atomic E-state index is -0.565. The predicted octanol–water partition coefficient (Wildman–Crippen LogP) is 1.37. The second kappa shape index (κ2) is 6.08. The second-order valence-electron chi connectivity index (χ2n) is 5.85. The normalized spacial score (nSPS) is 17.2. The molecule has 8 nitrogen and oxygen atoms in total.